The number of rotatable bonds is 0. The SMILES string of the molecule is C1=C2[C@H]3Cc4cccc5c4[C@@]2(CCN3)C(CC1)O5. The second-order valence-corrected chi connectivity index (χ2v) is 6.07. The van der Waals surface area contributed by atoms with Gasteiger partial charge in [0.25, 0.3) is 0 Å². The highest BCUT2D eigenvalue weighted by Crippen LogP contribution is 2.58. The van der Waals surface area contributed by atoms with Gasteiger partial charge in [0.05, 0.1) is 5.41 Å². The van der Waals surface area contributed by atoms with Crippen molar-refractivity contribution >= 4 is 0 Å². The van der Waals surface area contributed by atoms with Gasteiger partial charge < -0.3 is 10.1 Å². The summed E-state index contributed by atoms with van der Waals surface area (Å²) in [6, 6.07) is 7.20. The molecular formula is C16H17NO. The van der Waals surface area contributed by atoms with Gasteiger partial charge in [-0.25, -0.2) is 0 Å². The molecule has 2 heterocycles. The first-order valence-corrected chi connectivity index (χ1v) is 7.12. The molecule has 4 aliphatic rings. The lowest BCUT2D eigenvalue weighted by molar-refractivity contribution is 0.121. The maximum Gasteiger partial charge on any atom is 0.124 e. The maximum atomic E-state index is 6.31. The van der Waals surface area contributed by atoms with Crippen molar-refractivity contribution in [1.82, 2.24) is 5.32 Å². The third kappa shape index (κ3) is 0.892. The number of hydrogen-bond acceptors (Lipinski definition) is 2. The van der Waals surface area contributed by atoms with Gasteiger partial charge in [0, 0.05) is 11.6 Å². The fraction of sp³-hybridized carbons (Fsp3) is 0.500. The van der Waals surface area contributed by atoms with Gasteiger partial charge in [-0.1, -0.05) is 18.2 Å². The molecule has 0 saturated carbocycles. The molecule has 1 aromatic carbocycles. The Bertz CT molecular complexity index is 576. The summed E-state index contributed by atoms with van der Waals surface area (Å²) in [5.41, 5.74) is 4.94. The summed E-state index contributed by atoms with van der Waals surface area (Å²) in [5.74, 6) is 1.17. The Balaban J connectivity index is 1.89. The minimum atomic E-state index is 0.234. The molecule has 1 fully saturated rings. The quantitative estimate of drug-likeness (QED) is 0.702. The van der Waals surface area contributed by atoms with Crippen LogP contribution in [-0.4, -0.2) is 18.7 Å². The normalized spacial score (nSPS) is 38.8. The maximum absolute atomic E-state index is 6.31. The minimum absolute atomic E-state index is 0.234. The lowest BCUT2D eigenvalue weighted by Gasteiger charge is -2.50. The van der Waals surface area contributed by atoms with Crippen LogP contribution in [0.25, 0.3) is 0 Å². The summed E-state index contributed by atoms with van der Waals surface area (Å²) in [6.45, 7) is 1.13. The van der Waals surface area contributed by atoms with Crippen LogP contribution in [-0.2, 0) is 11.8 Å². The number of ether oxygens (including phenoxy) is 1. The van der Waals surface area contributed by atoms with Crippen LogP contribution in [0.4, 0.5) is 0 Å². The molecule has 2 aliphatic heterocycles. The van der Waals surface area contributed by atoms with E-state index in [2.05, 4.69) is 29.6 Å². The first-order valence-electron chi connectivity index (χ1n) is 7.12. The van der Waals surface area contributed by atoms with Crippen LogP contribution in [0.2, 0.25) is 0 Å². The third-order valence-electron chi connectivity index (χ3n) is 5.40. The topological polar surface area (TPSA) is 21.3 Å². The number of benzene rings is 1. The van der Waals surface area contributed by atoms with Gasteiger partial charge in [-0.15, -0.1) is 0 Å². The second-order valence-electron chi connectivity index (χ2n) is 6.07. The van der Waals surface area contributed by atoms with Crippen LogP contribution < -0.4 is 10.1 Å². The van der Waals surface area contributed by atoms with Gasteiger partial charge in [0.2, 0.25) is 0 Å². The van der Waals surface area contributed by atoms with E-state index < -0.39 is 0 Å². The molecule has 2 heteroatoms. The highest BCUT2D eigenvalue weighted by molar-refractivity contribution is 5.61. The monoisotopic (exact) mass is 239 g/mol. The lowest BCUT2D eigenvalue weighted by atomic mass is 9.57. The van der Waals surface area contributed by atoms with Crippen molar-refractivity contribution < 1.29 is 4.74 Å². The van der Waals surface area contributed by atoms with E-state index in [1.54, 1.807) is 11.1 Å². The van der Waals surface area contributed by atoms with E-state index in [0.717, 1.165) is 13.0 Å². The summed E-state index contributed by atoms with van der Waals surface area (Å²) < 4.78 is 6.31. The standard InChI is InChI=1S/C16H17NO/c1-3-10-9-12-11-4-2-6-14-16(11,7-8-17-12)15(10)13(5-1)18-14/h1,3-5,12,14,17H,2,6-9H2/t12-,14?,16-/m1/s1. The minimum Gasteiger partial charge on any atom is -0.489 e. The van der Waals surface area contributed by atoms with Crippen LogP contribution in [0, 0.1) is 0 Å². The Hall–Kier alpha value is -1.28. The molecule has 92 valence electrons. The Kier molecular flexibility index (Phi) is 1.60. The van der Waals surface area contributed by atoms with E-state index >= 15 is 0 Å². The van der Waals surface area contributed by atoms with Crippen molar-refractivity contribution in [1.29, 1.82) is 0 Å². The molecule has 1 saturated heterocycles. The van der Waals surface area contributed by atoms with E-state index in [1.807, 2.05) is 0 Å². The van der Waals surface area contributed by atoms with E-state index in [4.69, 9.17) is 4.74 Å². The van der Waals surface area contributed by atoms with Gasteiger partial charge >= 0.3 is 0 Å². The Morgan fingerprint density at radius 1 is 1.33 bits per heavy atom. The number of allylic oxidation sites excluding steroid dienone is 1. The largest absolute Gasteiger partial charge is 0.489 e. The average Bonchev–Trinajstić information content (AvgIpc) is 2.70. The number of hydrogen-bond donors (Lipinski definition) is 1. The third-order valence-corrected chi connectivity index (χ3v) is 5.40. The van der Waals surface area contributed by atoms with Gasteiger partial charge in [0.1, 0.15) is 11.9 Å². The molecule has 5 rings (SSSR count). The zero-order valence-corrected chi connectivity index (χ0v) is 10.4. The molecule has 1 spiro atoms. The van der Waals surface area contributed by atoms with Crippen molar-refractivity contribution in [2.45, 2.75) is 43.2 Å². The number of piperidine rings is 1. The van der Waals surface area contributed by atoms with Crippen LogP contribution in [0.15, 0.2) is 29.8 Å². The van der Waals surface area contributed by atoms with Crippen molar-refractivity contribution in [3.05, 3.63) is 41.0 Å². The summed E-state index contributed by atoms with van der Waals surface area (Å²) >= 11 is 0. The fourth-order valence-corrected chi connectivity index (χ4v) is 4.81. The fourth-order valence-electron chi connectivity index (χ4n) is 4.81. The van der Waals surface area contributed by atoms with E-state index in [9.17, 15) is 0 Å². The Morgan fingerprint density at radius 3 is 3.33 bits per heavy atom. The van der Waals surface area contributed by atoms with Gasteiger partial charge in [-0.3, -0.25) is 0 Å². The molecule has 2 aliphatic carbocycles. The average molecular weight is 239 g/mol. The van der Waals surface area contributed by atoms with Crippen LogP contribution in [0.5, 0.6) is 5.75 Å². The van der Waals surface area contributed by atoms with Crippen LogP contribution >= 0.6 is 0 Å². The predicted molar refractivity (Wildman–Crippen MR) is 70.0 cm³/mol. The summed E-state index contributed by atoms with van der Waals surface area (Å²) in [4.78, 5) is 0. The summed E-state index contributed by atoms with van der Waals surface area (Å²) in [6.07, 6.45) is 7.63. The Labute approximate surface area is 107 Å². The van der Waals surface area contributed by atoms with Crippen molar-refractivity contribution in [2.75, 3.05) is 6.54 Å². The highest BCUT2D eigenvalue weighted by Gasteiger charge is 2.58. The molecule has 1 N–H and O–H groups in total. The summed E-state index contributed by atoms with van der Waals surface area (Å²) in [7, 11) is 0. The van der Waals surface area contributed by atoms with Crippen LogP contribution in [0.1, 0.15) is 30.4 Å². The molecule has 0 amide bonds. The lowest BCUT2D eigenvalue weighted by Crippen LogP contribution is -2.57. The zero-order chi connectivity index (χ0) is 11.7. The molecule has 3 atom stereocenters. The predicted octanol–water partition coefficient (Wildman–Crippen LogP) is 2.32. The molecule has 0 aromatic heterocycles. The summed E-state index contributed by atoms with van der Waals surface area (Å²) in [5, 5.41) is 3.71. The molecule has 1 aromatic rings. The first kappa shape index (κ1) is 9.62. The van der Waals surface area contributed by atoms with Gasteiger partial charge in [-0.05, 0) is 49.4 Å². The van der Waals surface area contributed by atoms with Crippen molar-refractivity contribution in [3.8, 4) is 5.75 Å². The Morgan fingerprint density at radius 2 is 2.33 bits per heavy atom. The number of nitrogens with one attached hydrogen (secondary N) is 1. The molecule has 2 bridgehead atoms. The van der Waals surface area contributed by atoms with E-state index in [1.165, 1.54) is 30.6 Å². The smallest absolute Gasteiger partial charge is 0.124 e. The van der Waals surface area contributed by atoms with Crippen LogP contribution in [0.3, 0.4) is 0 Å². The van der Waals surface area contributed by atoms with Gasteiger partial charge in [-0.2, -0.15) is 0 Å². The van der Waals surface area contributed by atoms with Gasteiger partial charge in [0.15, 0.2) is 0 Å². The van der Waals surface area contributed by atoms with Crippen molar-refractivity contribution in [2.24, 2.45) is 0 Å². The molecular weight excluding hydrogens is 222 g/mol. The first-order chi connectivity index (χ1) is 8.89. The molecule has 1 unspecified atom stereocenters. The van der Waals surface area contributed by atoms with Crippen molar-refractivity contribution in [3.63, 3.8) is 0 Å². The van der Waals surface area contributed by atoms with E-state index in [-0.39, 0.29) is 5.41 Å². The van der Waals surface area contributed by atoms with E-state index in [0.29, 0.717) is 12.1 Å². The highest BCUT2D eigenvalue weighted by atomic mass is 16.5. The molecule has 0 radical (unpaired) electrons. The second kappa shape index (κ2) is 3.00. The molecule has 2 nitrogen and oxygen atoms in total. The zero-order valence-electron chi connectivity index (χ0n) is 10.4. The molecule has 18 heavy (non-hydrogen) atoms.